The van der Waals surface area contributed by atoms with Gasteiger partial charge in [-0.2, -0.15) is 0 Å². The molecule has 1 aromatic heterocycles. The Morgan fingerprint density at radius 1 is 1.28 bits per heavy atom. The van der Waals surface area contributed by atoms with E-state index in [0.717, 1.165) is 5.69 Å². The molecule has 1 N–H and O–H groups in total. The van der Waals surface area contributed by atoms with Crippen LogP contribution in [0.5, 0.6) is 5.75 Å². The number of rotatable bonds is 5. The first-order valence-corrected chi connectivity index (χ1v) is 5.58. The lowest BCUT2D eigenvalue weighted by atomic mass is 10.2. The summed E-state index contributed by atoms with van der Waals surface area (Å²) < 4.78 is 18.7. The molecule has 0 aliphatic heterocycles. The van der Waals surface area contributed by atoms with Crippen LogP contribution in [0.1, 0.15) is 11.3 Å². The van der Waals surface area contributed by atoms with Gasteiger partial charge >= 0.3 is 0 Å². The van der Waals surface area contributed by atoms with Gasteiger partial charge in [0, 0.05) is 24.8 Å². The van der Waals surface area contributed by atoms with E-state index in [9.17, 15) is 4.39 Å². The summed E-state index contributed by atoms with van der Waals surface area (Å²) in [5, 5.41) is 3.12. The topological polar surface area (TPSA) is 47.0 Å². The Morgan fingerprint density at radius 2 is 2.17 bits per heavy atom. The molecule has 2 aromatic rings. The van der Waals surface area contributed by atoms with Crippen LogP contribution in [-0.4, -0.2) is 17.1 Å². The fourth-order valence-corrected chi connectivity index (χ4v) is 1.60. The Hall–Kier alpha value is -2.01. The van der Waals surface area contributed by atoms with Gasteiger partial charge in [0.25, 0.3) is 0 Å². The summed E-state index contributed by atoms with van der Waals surface area (Å²) in [4.78, 5) is 7.91. The molecular formula is C13H14FN3O. The molecule has 0 unspecified atom stereocenters. The Morgan fingerprint density at radius 3 is 2.89 bits per heavy atom. The number of halogens is 1. The third-order valence-electron chi connectivity index (χ3n) is 2.53. The summed E-state index contributed by atoms with van der Waals surface area (Å²) in [6.45, 7) is 0.992. The highest BCUT2D eigenvalue weighted by Gasteiger charge is 2.07. The summed E-state index contributed by atoms with van der Waals surface area (Å²) in [5.41, 5.74) is 1.44. The number of hydrogen-bond acceptors (Lipinski definition) is 4. The van der Waals surface area contributed by atoms with Crippen molar-refractivity contribution >= 4 is 0 Å². The van der Waals surface area contributed by atoms with E-state index in [4.69, 9.17) is 4.74 Å². The summed E-state index contributed by atoms with van der Waals surface area (Å²) in [5.74, 6) is -0.0634. The van der Waals surface area contributed by atoms with E-state index in [1.165, 1.54) is 13.4 Å². The lowest BCUT2D eigenvalue weighted by Gasteiger charge is -2.08. The first-order valence-electron chi connectivity index (χ1n) is 5.58. The van der Waals surface area contributed by atoms with Gasteiger partial charge in [0.05, 0.1) is 12.8 Å². The van der Waals surface area contributed by atoms with Gasteiger partial charge in [-0.3, -0.25) is 0 Å². The maximum atomic E-state index is 13.8. The highest BCUT2D eigenvalue weighted by molar-refractivity contribution is 5.30. The van der Waals surface area contributed by atoms with E-state index >= 15 is 0 Å². The second-order valence-corrected chi connectivity index (χ2v) is 3.74. The molecule has 1 aromatic carbocycles. The van der Waals surface area contributed by atoms with Crippen molar-refractivity contribution in [1.82, 2.24) is 15.3 Å². The molecule has 94 valence electrons. The maximum absolute atomic E-state index is 13.8. The molecular weight excluding hydrogens is 233 g/mol. The molecule has 0 spiro atoms. The third kappa shape index (κ3) is 3.01. The second-order valence-electron chi connectivity index (χ2n) is 3.74. The van der Waals surface area contributed by atoms with Crippen LogP contribution in [-0.2, 0) is 13.1 Å². The molecule has 0 fully saturated rings. The fourth-order valence-electron chi connectivity index (χ4n) is 1.60. The summed E-state index contributed by atoms with van der Waals surface area (Å²) >= 11 is 0. The SMILES string of the molecule is COc1cccc(CNCc2ccncn2)c1F. The quantitative estimate of drug-likeness (QED) is 0.876. The second kappa shape index (κ2) is 6.07. The highest BCUT2D eigenvalue weighted by atomic mass is 19.1. The number of aromatic nitrogens is 2. The van der Waals surface area contributed by atoms with E-state index < -0.39 is 0 Å². The molecule has 2 rings (SSSR count). The predicted octanol–water partition coefficient (Wildman–Crippen LogP) is 1.91. The van der Waals surface area contributed by atoms with Gasteiger partial charge in [-0.05, 0) is 12.1 Å². The molecule has 0 radical (unpaired) electrons. The Kier molecular flexibility index (Phi) is 4.20. The predicted molar refractivity (Wildman–Crippen MR) is 65.5 cm³/mol. The van der Waals surface area contributed by atoms with E-state index in [2.05, 4.69) is 15.3 Å². The first-order chi connectivity index (χ1) is 8.81. The van der Waals surface area contributed by atoms with Crippen LogP contribution in [0.4, 0.5) is 4.39 Å². The molecule has 0 saturated heterocycles. The van der Waals surface area contributed by atoms with Crippen LogP contribution in [0.15, 0.2) is 36.8 Å². The van der Waals surface area contributed by atoms with Gasteiger partial charge in [-0.1, -0.05) is 12.1 Å². The van der Waals surface area contributed by atoms with Crippen molar-refractivity contribution in [2.24, 2.45) is 0 Å². The van der Waals surface area contributed by atoms with E-state index in [1.807, 2.05) is 6.07 Å². The van der Waals surface area contributed by atoms with Gasteiger partial charge in [0.15, 0.2) is 11.6 Å². The maximum Gasteiger partial charge on any atom is 0.169 e. The van der Waals surface area contributed by atoms with Gasteiger partial charge in [0.1, 0.15) is 6.33 Å². The van der Waals surface area contributed by atoms with Crippen LogP contribution in [0, 0.1) is 5.82 Å². The molecule has 0 saturated carbocycles. The summed E-state index contributed by atoms with van der Waals surface area (Å²) in [6, 6.07) is 6.91. The molecule has 5 heteroatoms. The zero-order valence-corrected chi connectivity index (χ0v) is 10.1. The monoisotopic (exact) mass is 247 g/mol. The molecule has 0 atom stereocenters. The number of nitrogens with zero attached hydrogens (tertiary/aromatic N) is 2. The fraction of sp³-hybridized carbons (Fsp3) is 0.231. The van der Waals surface area contributed by atoms with Crippen molar-refractivity contribution in [2.75, 3.05) is 7.11 Å². The molecule has 0 aliphatic rings. The van der Waals surface area contributed by atoms with Gasteiger partial charge in [-0.25, -0.2) is 14.4 Å². The van der Waals surface area contributed by atoms with Gasteiger partial charge in [0.2, 0.25) is 0 Å². The molecule has 4 nitrogen and oxygen atoms in total. The Bertz CT molecular complexity index is 505. The minimum Gasteiger partial charge on any atom is -0.494 e. The van der Waals surface area contributed by atoms with Crippen LogP contribution < -0.4 is 10.1 Å². The van der Waals surface area contributed by atoms with E-state index in [-0.39, 0.29) is 11.6 Å². The Labute approximate surface area is 105 Å². The number of methoxy groups -OCH3 is 1. The van der Waals surface area contributed by atoms with Crippen molar-refractivity contribution in [3.8, 4) is 5.75 Å². The minimum atomic E-state index is -0.324. The van der Waals surface area contributed by atoms with E-state index in [0.29, 0.717) is 18.7 Å². The van der Waals surface area contributed by atoms with Crippen LogP contribution in [0.3, 0.4) is 0 Å². The third-order valence-corrected chi connectivity index (χ3v) is 2.53. The van der Waals surface area contributed by atoms with E-state index in [1.54, 1.807) is 24.4 Å². The normalized spacial score (nSPS) is 10.3. The van der Waals surface area contributed by atoms with Crippen LogP contribution >= 0.6 is 0 Å². The van der Waals surface area contributed by atoms with Crippen LogP contribution in [0.2, 0.25) is 0 Å². The smallest absolute Gasteiger partial charge is 0.169 e. The highest BCUT2D eigenvalue weighted by Crippen LogP contribution is 2.19. The van der Waals surface area contributed by atoms with Crippen LogP contribution in [0.25, 0.3) is 0 Å². The van der Waals surface area contributed by atoms with Gasteiger partial charge < -0.3 is 10.1 Å². The van der Waals surface area contributed by atoms with Crippen molar-refractivity contribution < 1.29 is 9.13 Å². The summed E-state index contributed by atoms with van der Waals surface area (Å²) in [7, 11) is 1.45. The molecule has 0 amide bonds. The molecule has 0 aliphatic carbocycles. The number of ether oxygens (including phenoxy) is 1. The zero-order valence-electron chi connectivity index (χ0n) is 10.1. The Balaban J connectivity index is 1.95. The first kappa shape index (κ1) is 12.4. The van der Waals surface area contributed by atoms with Gasteiger partial charge in [-0.15, -0.1) is 0 Å². The number of nitrogens with one attached hydrogen (secondary N) is 1. The van der Waals surface area contributed by atoms with Crippen molar-refractivity contribution in [3.63, 3.8) is 0 Å². The average Bonchev–Trinajstić information content (AvgIpc) is 2.42. The largest absolute Gasteiger partial charge is 0.494 e. The lowest BCUT2D eigenvalue weighted by Crippen LogP contribution is -2.14. The number of benzene rings is 1. The molecule has 0 bridgehead atoms. The van der Waals surface area contributed by atoms with Crippen molar-refractivity contribution in [3.05, 3.63) is 53.9 Å². The van der Waals surface area contributed by atoms with Crippen molar-refractivity contribution in [1.29, 1.82) is 0 Å². The lowest BCUT2D eigenvalue weighted by molar-refractivity contribution is 0.383. The molecule has 1 heterocycles. The minimum absolute atomic E-state index is 0.260. The zero-order chi connectivity index (χ0) is 12.8. The van der Waals surface area contributed by atoms with Crippen molar-refractivity contribution in [2.45, 2.75) is 13.1 Å². The average molecular weight is 247 g/mol. The summed E-state index contributed by atoms with van der Waals surface area (Å²) in [6.07, 6.45) is 3.17. The molecule has 18 heavy (non-hydrogen) atoms. The standard InChI is InChI=1S/C13H14FN3O/c1-18-12-4-2-3-10(13(12)14)7-16-8-11-5-6-15-9-17-11/h2-6,9,16H,7-8H2,1H3. The number of hydrogen-bond donors (Lipinski definition) is 1.